The van der Waals surface area contributed by atoms with Gasteiger partial charge in [0.25, 0.3) is 0 Å². The predicted octanol–water partition coefficient (Wildman–Crippen LogP) is 12.9. The molecule has 3 aliphatic rings. The molecular formula is C49H41NS. The van der Waals surface area contributed by atoms with Gasteiger partial charge < -0.3 is 4.90 Å². The van der Waals surface area contributed by atoms with Crippen LogP contribution < -0.4 is 4.90 Å². The van der Waals surface area contributed by atoms with E-state index in [1.807, 2.05) is 0 Å². The molecule has 2 heteroatoms. The van der Waals surface area contributed by atoms with Gasteiger partial charge in [0.1, 0.15) is 0 Å². The maximum atomic E-state index is 2.55. The number of hydrogen-bond acceptors (Lipinski definition) is 1. The van der Waals surface area contributed by atoms with Crippen molar-refractivity contribution in [3.8, 4) is 33.4 Å². The Morgan fingerprint density at radius 2 is 0.863 bits per heavy atom. The van der Waals surface area contributed by atoms with Crippen molar-refractivity contribution in [1.29, 1.82) is 0 Å². The van der Waals surface area contributed by atoms with E-state index in [2.05, 4.69) is 195 Å². The molecule has 0 saturated carbocycles. The lowest BCUT2D eigenvalue weighted by atomic mass is 9.70. The lowest BCUT2D eigenvalue weighted by Gasteiger charge is -2.36. The van der Waals surface area contributed by atoms with Crippen LogP contribution >= 0.6 is 10.0 Å². The summed E-state index contributed by atoms with van der Waals surface area (Å²) in [4.78, 5) is 3.97. The van der Waals surface area contributed by atoms with E-state index in [-0.39, 0.29) is 5.41 Å². The standard InChI is InChI=1S/C49H41NS/c1-48(2)41-20-10-6-15-35(41)39-30-27-33(31-45(39)48)50(32-25-28-34(29-26-32)51(3,4)5)46-24-14-19-40-38-18-9-13-23-44(38)49(47(40)46)42-21-11-7-16-36(42)37-17-8-12-22-43(37)49/h6-31H,1-5H3. The molecule has 7 aromatic rings. The summed E-state index contributed by atoms with van der Waals surface area (Å²) in [6.07, 6.45) is 7.13. The number of anilines is 3. The van der Waals surface area contributed by atoms with Crippen molar-refractivity contribution in [2.75, 3.05) is 23.7 Å². The first-order valence-electron chi connectivity index (χ1n) is 18.0. The fourth-order valence-corrected chi connectivity index (χ4v) is 10.5. The number of benzene rings is 7. The van der Waals surface area contributed by atoms with Crippen LogP contribution in [0.3, 0.4) is 0 Å². The zero-order chi connectivity index (χ0) is 34.7. The fourth-order valence-electron chi connectivity index (χ4n) is 9.58. The first-order valence-corrected chi connectivity index (χ1v) is 20.8. The highest BCUT2D eigenvalue weighted by atomic mass is 32.3. The molecule has 7 aromatic carbocycles. The molecule has 0 amide bonds. The summed E-state index contributed by atoms with van der Waals surface area (Å²) < 4.78 is 0. The molecule has 0 fully saturated rings. The molecule has 1 nitrogen and oxygen atoms in total. The highest BCUT2D eigenvalue weighted by Crippen LogP contribution is 2.65. The van der Waals surface area contributed by atoms with E-state index in [0.717, 1.165) is 0 Å². The van der Waals surface area contributed by atoms with Gasteiger partial charge in [0.05, 0.1) is 11.1 Å². The Morgan fingerprint density at radius 3 is 1.43 bits per heavy atom. The molecule has 0 radical (unpaired) electrons. The van der Waals surface area contributed by atoms with E-state index < -0.39 is 15.4 Å². The zero-order valence-corrected chi connectivity index (χ0v) is 30.7. The second kappa shape index (κ2) is 10.6. The molecule has 51 heavy (non-hydrogen) atoms. The first kappa shape index (κ1) is 30.5. The van der Waals surface area contributed by atoms with Crippen molar-refractivity contribution >= 4 is 27.1 Å². The van der Waals surface area contributed by atoms with Crippen LogP contribution in [0.4, 0.5) is 17.1 Å². The van der Waals surface area contributed by atoms with Crippen LogP contribution in [-0.4, -0.2) is 18.8 Å². The molecule has 1 spiro atoms. The summed E-state index contributed by atoms with van der Waals surface area (Å²) in [5, 5.41) is 0. The van der Waals surface area contributed by atoms with Crippen LogP contribution in [-0.2, 0) is 10.8 Å². The van der Waals surface area contributed by atoms with Crippen LogP contribution in [0.1, 0.15) is 47.2 Å². The van der Waals surface area contributed by atoms with Gasteiger partial charge in [-0.15, -0.1) is 0 Å². The lowest BCUT2D eigenvalue weighted by molar-refractivity contribution is 0.660. The normalized spacial score (nSPS) is 15.4. The van der Waals surface area contributed by atoms with Crippen LogP contribution in [0.15, 0.2) is 163 Å². The molecule has 3 aliphatic carbocycles. The van der Waals surface area contributed by atoms with Gasteiger partial charge in [-0.25, -0.2) is 10.0 Å². The Balaban J connectivity index is 1.29. The molecule has 0 heterocycles. The van der Waals surface area contributed by atoms with Crippen molar-refractivity contribution in [1.82, 2.24) is 0 Å². The van der Waals surface area contributed by atoms with Gasteiger partial charge in [0, 0.05) is 22.4 Å². The highest BCUT2D eigenvalue weighted by Gasteiger charge is 2.53. The van der Waals surface area contributed by atoms with Gasteiger partial charge in [0.2, 0.25) is 0 Å². The Morgan fingerprint density at radius 1 is 0.412 bits per heavy atom. The van der Waals surface area contributed by atoms with Crippen molar-refractivity contribution in [2.24, 2.45) is 0 Å². The molecule has 248 valence electrons. The Hall–Kier alpha value is -5.31. The molecule has 0 saturated heterocycles. The average Bonchev–Trinajstić information content (AvgIpc) is 3.71. The molecule has 0 aromatic heterocycles. The second-order valence-corrected chi connectivity index (χ2v) is 19.8. The zero-order valence-electron chi connectivity index (χ0n) is 29.9. The van der Waals surface area contributed by atoms with Gasteiger partial charge in [-0.05, 0) is 127 Å². The second-order valence-electron chi connectivity index (χ2n) is 15.7. The van der Waals surface area contributed by atoms with Crippen LogP contribution in [0, 0.1) is 0 Å². The Labute approximate surface area is 303 Å². The minimum absolute atomic E-state index is 0.105. The van der Waals surface area contributed by atoms with Crippen molar-refractivity contribution in [2.45, 2.75) is 29.6 Å². The van der Waals surface area contributed by atoms with Crippen molar-refractivity contribution < 1.29 is 0 Å². The minimum atomic E-state index is -0.878. The summed E-state index contributed by atoms with van der Waals surface area (Å²) in [7, 11) is -0.878. The molecule has 0 N–H and O–H groups in total. The van der Waals surface area contributed by atoms with Crippen LogP contribution in [0.5, 0.6) is 0 Å². The molecule has 10 rings (SSSR count). The van der Waals surface area contributed by atoms with Crippen molar-refractivity contribution in [3.05, 3.63) is 191 Å². The number of fused-ring (bicyclic) bond motifs is 13. The Bertz CT molecular complexity index is 2490. The fraction of sp³-hybridized carbons (Fsp3) is 0.143. The topological polar surface area (TPSA) is 3.24 Å². The van der Waals surface area contributed by atoms with E-state index in [4.69, 9.17) is 0 Å². The quantitative estimate of drug-likeness (QED) is 0.179. The average molecular weight is 676 g/mol. The third-order valence-electron chi connectivity index (χ3n) is 11.9. The van der Waals surface area contributed by atoms with Gasteiger partial charge in [0.15, 0.2) is 0 Å². The molecular weight excluding hydrogens is 635 g/mol. The minimum Gasteiger partial charge on any atom is -0.310 e. The largest absolute Gasteiger partial charge is 0.310 e. The SMILES string of the molecule is CC1(C)c2ccccc2-c2ccc(N(c3ccc(S(C)(C)C)cc3)c3cccc4c3C3(c5ccccc5-c5ccccc53)c3ccccc3-4)cc21. The maximum Gasteiger partial charge on any atom is 0.0746 e. The number of nitrogens with zero attached hydrogens (tertiary/aromatic N) is 1. The first-order chi connectivity index (χ1) is 24.7. The third-order valence-corrected chi connectivity index (χ3v) is 13.5. The van der Waals surface area contributed by atoms with E-state index in [9.17, 15) is 0 Å². The predicted molar refractivity (Wildman–Crippen MR) is 219 cm³/mol. The molecule has 0 unspecified atom stereocenters. The van der Waals surface area contributed by atoms with E-state index in [1.165, 1.54) is 88.7 Å². The van der Waals surface area contributed by atoms with E-state index >= 15 is 0 Å². The molecule has 0 bridgehead atoms. The monoisotopic (exact) mass is 675 g/mol. The van der Waals surface area contributed by atoms with E-state index in [1.54, 1.807) is 0 Å². The van der Waals surface area contributed by atoms with Gasteiger partial charge >= 0.3 is 0 Å². The summed E-state index contributed by atoms with van der Waals surface area (Å²) in [6.45, 7) is 4.76. The number of rotatable bonds is 4. The van der Waals surface area contributed by atoms with Crippen molar-refractivity contribution in [3.63, 3.8) is 0 Å². The van der Waals surface area contributed by atoms with Gasteiger partial charge in [-0.2, -0.15) is 0 Å². The van der Waals surface area contributed by atoms with Crippen LogP contribution in [0.25, 0.3) is 33.4 Å². The van der Waals surface area contributed by atoms with E-state index in [0.29, 0.717) is 0 Å². The third kappa shape index (κ3) is 4.06. The number of hydrogen-bond donors (Lipinski definition) is 0. The van der Waals surface area contributed by atoms with Crippen LogP contribution in [0.2, 0.25) is 0 Å². The smallest absolute Gasteiger partial charge is 0.0746 e. The summed E-state index contributed by atoms with van der Waals surface area (Å²) in [5.74, 6) is 0. The summed E-state index contributed by atoms with van der Waals surface area (Å²) in [6, 6.07) is 59.9. The Kier molecular flexibility index (Phi) is 6.34. The molecule has 0 atom stereocenters. The van der Waals surface area contributed by atoms with Gasteiger partial charge in [-0.1, -0.05) is 129 Å². The lowest BCUT2D eigenvalue weighted by Crippen LogP contribution is -2.28. The summed E-state index contributed by atoms with van der Waals surface area (Å²) >= 11 is 0. The molecule has 0 aliphatic heterocycles. The maximum absolute atomic E-state index is 2.55. The van der Waals surface area contributed by atoms with Gasteiger partial charge in [-0.3, -0.25) is 0 Å². The highest BCUT2D eigenvalue weighted by molar-refractivity contribution is 8.32. The summed E-state index contributed by atoms with van der Waals surface area (Å²) in [5.41, 5.74) is 19.2.